The van der Waals surface area contributed by atoms with Gasteiger partial charge in [0.2, 0.25) is 0 Å². The molecule has 0 bridgehead atoms. The van der Waals surface area contributed by atoms with Crippen molar-refractivity contribution in [2.75, 3.05) is 0 Å². The van der Waals surface area contributed by atoms with Gasteiger partial charge in [0, 0.05) is 0 Å². The van der Waals surface area contributed by atoms with Crippen molar-refractivity contribution in [1.82, 2.24) is 9.97 Å². The molecule has 3 heterocycles. The van der Waals surface area contributed by atoms with Gasteiger partial charge in [0.1, 0.15) is 19.1 Å². The second-order valence-corrected chi connectivity index (χ2v) is 6.78. The van der Waals surface area contributed by atoms with Crippen LogP contribution in [0.25, 0.3) is 19.1 Å². The van der Waals surface area contributed by atoms with Gasteiger partial charge < -0.3 is 0 Å². The molecular formula is C8H6N2S3. The lowest BCUT2D eigenvalue weighted by Gasteiger charge is -1.75. The summed E-state index contributed by atoms with van der Waals surface area (Å²) in [6.45, 7) is 4.09. The molecule has 0 unspecified atom stereocenters. The van der Waals surface area contributed by atoms with Crippen LogP contribution in [0.4, 0.5) is 0 Å². The summed E-state index contributed by atoms with van der Waals surface area (Å²) in [5, 5.41) is 2.27. The van der Waals surface area contributed by atoms with E-state index in [0.717, 1.165) is 21.0 Å². The highest BCUT2D eigenvalue weighted by Crippen LogP contribution is 2.39. The van der Waals surface area contributed by atoms with E-state index in [1.807, 2.05) is 25.2 Å². The molecule has 0 aliphatic heterocycles. The summed E-state index contributed by atoms with van der Waals surface area (Å²) in [7, 11) is 0. The highest BCUT2D eigenvalue weighted by atomic mass is 32.2. The van der Waals surface area contributed by atoms with Crippen molar-refractivity contribution in [2.24, 2.45) is 0 Å². The van der Waals surface area contributed by atoms with Crippen molar-refractivity contribution in [3.05, 3.63) is 10.0 Å². The molecule has 13 heavy (non-hydrogen) atoms. The molecule has 0 saturated heterocycles. The van der Waals surface area contributed by atoms with Crippen LogP contribution in [-0.2, 0) is 0 Å². The third-order valence-electron chi connectivity index (χ3n) is 1.82. The lowest BCUT2D eigenvalue weighted by atomic mass is 10.5. The number of hydrogen-bond acceptors (Lipinski definition) is 5. The predicted octanol–water partition coefficient (Wildman–Crippen LogP) is 3.58. The Morgan fingerprint density at radius 1 is 0.769 bits per heavy atom. The van der Waals surface area contributed by atoms with E-state index in [1.165, 1.54) is 8.03 Å². The minimum Gasteiger partial charge on any atom is -0.238 e. The number of thiophene rings is 1. The van der Waals surface area contributed by atoms with Gasteiger partial charge >= 0.3 is 0 Å². The first-order valence-corrected chi connectivity index (χ1v) is 6.32. The molecule has 0 amide bonds. The first kappa shape index (κ1) is 7.84. The average molecular weight is 226 g/mol. The number of rotatable bonds is 0. The fourth-order valence-corrected chi connectivity index (χ4v) is 4.99. The Morgan fingerprint density at radius 3 is 1.69 bits per heavy atom. The monoisotopic (exact) mass is 226 g/mol. The maximum atomic E-state index is 4.49. The Morgan fingerprint density at radius 2 is 1.23 bits per heavy atom. The van der Waals surface area contributed by atoms with Crippen molar-refractivity contribution in [3.63, 3.8) is 0 Å². The Balaban J connectivity index is 2.56. The lowest BCUT2D eigenvalue weighted by molar-refractivity contribution is 1.32. The molecule has 0 aromatic carbocycles. The van der Waals surface area contributed by atoms with Crippen LogP contribution in [0.2, 0.25) is 0 Å². The second kappa shape index (κ2) is 2.50. The number of thiazole rings is 2. The van der Waals surface area contributed by atoms with Gasteiger partial charge in [-0.3, -0.25) is 0 Å². The van der Waals surface area contributed by atoms with Crippen molar-refractivity contribution in [1.29, 1.82) is 0 Å². The number of fused-ring (bicyclic) bond motifs is 3. The van der Waals surface area contributed by atoms with Gasteiger partial charge in [-0.25, -0.2) is 9.97 Å². The highest BCUT2D eigenvalue weighted by Gasteiger charge is 2.12. The minimum atomic E-state index is 1.10. The molecule has 3 aromatic rings. The fraction of sp³-hybridized carbons (Fsp3) is 0.250. The van der Waals surface area contributed by atoms with E-state index in [2.05, 4.69) is 9.97 Å². The van der Waals surface area contributed by atoms with Gasteiger partial charge in [-0.15, -0.1) is 34.0 Å². The Bertz CT molecular complexity index is 536. The summed E-state index contributed by atoms with van der Waals surface area (Å²) in [6, 6.07) is 0. The SMILES string of the molecule is Cc1nc2c(s1)sc1sc(C)nc12. The van der Waals surface area contributed by atoms with Gasteiger partial charge in [0.15, 0.2) is 0 Å². The van der Waals surface area contributed by atoms with Crippen LogP contribution < -0.4 is 0 Å². The molecule has 3 aromatic heterocycles. The molecule has 66 valence electrons. The fourth-order valence-electron chi connectivity index (χ4n) is 1.34. The van der Waals surface area contributed by atoms with Crippen LogP contribution in [0.5, 0.6) is 0 Å². The van der Waals surface area contributed by atoms with E-state index >= 15 is 0 Å². The molecular weight excluding hydrogens is 220 g/mol. The molecule has 0 fully saturated rings. The molecule has 0 aliphatic rings. The van der Waals surface area contributed by atoms with Crippen LogP contribution in [0.3, 0.4) is 0 Å². The summed E-state index contributed by atoms with van der Waals surface area (Å²) in [6.07, 6.45) is 0. The first-order chi connectivity index (χ1) is 6.24. The number of aromatic nitrogens is 2. The molecule has 0 atom stereocenters. The molecule has 0 radical (unpaired) electrons. The maximum absolute atomic E-state index is 4.49. The standard InChI is InChI=1S/C8H6N2S3/c1-3-9-5-6-8(12-4(2)10-6)13-7(5)11-3/h1-2H3. The Labute approximate surface area is 86.9 Å². The molecule has 0 aliphatic carbocycles. The van der Waals surface area contributed by atoms with E-state index in [9.17, 15) is 0 Å². The zero-order chi connectivity index (χ0) is 9.00. The summed E-state index contributed by atoms with van der Waals surface area (Å²) >= 11 is 5.34. The highest BCUT2D eigenvalue weighted by molar-refractivity contribution is 7.48. The van der Waals surface area contributed by atoms with E-state index in [4.69, 9.17) is 0 Å². The largest absolute Gasteiger partial charge is 0.238 e. The summed E-state index contributed by atoms with van der Waals surface area (Å²) < 4.78 is 2.62. The van der Waals surface area contributed by atoms with Crippen LogP contribution in [-0.4, -0.2) is 9.97 Å². The summed E-state index contributed by atoms with van der Waals surface area (Å²) in [5.74, 6) is 0. The molecule has 0 N–H and O–H groups in total. The zero-order valence-corrected chi connectivity index (χ0v) is 9.57. The van der Waals surface area contributed by atoms with Crippen LogP contribution in [0, 0.1) is 13.8 Å². The van der Waals surface area contributed by atoms with Gasteiger partial charge in [0.25, 0.3) is 0 Å². The van der Waals surface area contributed by atoms with Gasteiger partial charge in [0.05, 0.1) is 10.0 Å². The van der Waals surface area contributed by atoms with E-state index in [1.54, 1.807) is 22.7 Å². The summed E-state index contributed by atoms with van der Waals surface area (Å²) in [5.41, 5.74) is 2.21. The molecule has 2 nitrogen and oxygen atoms in total. The van der Waals surface area contributed by atoms with Crippen LogP contribution in [0.15, 0.2) is 0 Å². The van der Waals surface area contributed by atoms with Gasteiger partial charge in [-0.05, 0) is 13.8 Å². The Kier molecular flexibility index (Phi) is 1.51. The molecule has 5 heteroatoms. The minimum absolute atomic E-state index is 1.10. The summed E-state index contributed by atoms with van der Waals surface area (Å²) in [4.78, 5) is 8.98. The molecule has 0 saturated carbocycles. The predicted molar refractivity (Wildman–Crippen MR) is 60.1 cm³/mol. The maximum Gasteiger partial charge on any atom is 0.120 e. The molecule has 0 spiro atoms. The van der Waals surface area contributed by atoms with Crippen molar-refractivity contribution in [3.8, 4) is 0 Å². The third kappa shape index (κ3) is 1.04. The zero-order valence-electron chi connectivity index (χ0n) is 7.12. The van der Waals surface area contributed by atoms with E-state index in [-0.39, 0.29) is 0 Å². The van der Waals surface area contributed by atoms with Crippen molar-refractivity contribution < 1.29 is 0 Å². The molecule has 3 rings (SSSR count). The smallest absolute Gasteiger partial charge is 0.120 e. The van der Waals surface area contributed by atoms with Crippen molar-refractivity contribution in [2.45, 2.75) is 13.8 Å². The van der Waals surface area contributed by atoms with Crippen LogP contribution in [0.1, 0.15) is 10.0 Å². The van der Waals surface area contributed by atoms with E-state index in [0.29, 0.717) is 0 Å². The number of aryl methyl sites for hydroxylation is 2. The quantitative estimate of drug-likeness (QED) is 0.585. The van der Waals surface area contributed by atoms with Crippen LogP contribution >= 0.6 is 34.0 Å². The second-order valence-electron chi connectivity index (χ2n) is 2.84. The third-order valence-corrected chi connectivity index (χ3v) is 5.10. The lowest BCUT2D eigenvalue weighted by Crippen LogP contribution is -1.69. The first-order valence-electron chi connectivity index (χ1n) is 3.87. The van der Waals surface area contributed by atoms with Gasteiger partial charge in [-0.1, -0.05) is 0 Å². The van der Waals surface area contributed by atoms with Crippen molar-refractivity contribution >= 4 is 53.1 Å². The number of nitrogens with zero attached hydrogens (tertiary/aromatic N) is 2. The van der Waals surface area contributed by atoms with E-state index < -0.39 is 0 Å². The average Bonchev–Trinajstić information content (AvgIpc) is 2.60. The Hall–Kier alpha value is -0.520. The topological polar surface area (TPSA) is 25.8 Å². The van der Waals surface area contributed by atoms with Gasteiger partial charge in [-0.2, -0.15) is 0 Å². The number of hydrogen-bond donors (Lipinski definition) is 0. The normalized spacial score (nSPS) is 11.8.